The van der Waals surface area contributed by atoms with E-state index in [-0.39, 0.29) is 23.7 Å². The molecule has 2 rings (SSSR count). The van der Waals surface area contributed by atoms with Crippen molar-refractivity contribution in [3.63, 3.8) is 0 Å². The molecule has 8 heteroatoms. The van der Waals surface area contributed by atoms with Crippen LogP contribution in [-0.2, 0) is 14.6 Å². The highest BCUT2D eigenvalue weighted by molar-refractivity contribution is 7.91. The number of rotatable bonds is 5. The van der Waals surface area contributed by atoms with Gasteiger partial charge in [0, 0.05) is 18.4 Å². The van der Waals surface area contributed by atoms with Crippen molar-refractivity contribution in [3.8, 4) is 0 Å². The first-order valence-electron chi connectivity index (χ1n) is 6.32. The van der Waals surface area contributed by atoms with Gasteiger partial charge in [0.1, 0.15) is 11.6 Å². The van der Waals surface area contributed by atoms with Crippen molar-refractivity contribution in [1.82, 2.24) is 0 Å². The predicted octanol–water partition coefficient (Wildman–Crippen LogP) is 1.32. The van der Waals surface area contributed by atoms with Gasteiger partial charge in [-0.2, -0.15) is 0 Å². The van der Waals surface area contributed by atoms with Crippen LogP contribution in [-0.4, -0.2) is 38.2 Å². The third-order valence-corrected chi connectivity index (χ3v) is 4.97. The minimum Gasteiger partial charge on any atom is -0.304 e. The van der Waals surface area contributed by atoms with Crippen molar-refractivity contribution in [2.45, 2.75) is 13.3 Å². The summed E-state index contributed by atoms with van der Waals surface area (Å²) in [6.45, 7) is 1.39. The Labute approximate surface area is 120 Å². The van der Waals surface area contributed by atoms with Crippen molar-refractivity contribution >= 4 is 27.2 Å². The van der Waals surface area contributed by atoms with Crippen molar-refractivity contribution < 1.29 is 26.8 Å². The molecule has 1 aromatic rings. The quantitative estimate of drug-likeness (QED) is 0.768. The first kappa shape index (κ1) is 15.6. The molecule has 0 radical (unpaired) electrons. The standard InChI is InChI=1S/C13H13F2NO4S/c1-2-4-21(19,20)5-3-16-10-7-8(14)6-9(15)11(10)12(17)13(16)18/h6-7H,2-5H2,1H3. The van der Waals surface area contributed by atoms with E-state index in [4.69, 9.17) is 0 Å². The smallest absolute Gasteiger partial charge is 0.299 e. The topological polar surface area (TPSA) is 71.5 Å². The van der Waals surface area contributed by atoms with Crippen LogP contribution in [0.3, 0.4) is 0 Å². The highest BCUT2D eigenvalue weighted by Crippen LogP contribution is 2.31. The lowest BCUT2D eigenvalue weighted by atomic mass is 10.1. The number of carbonyl (C=O) groups excluding carboxylic acids is 2. The summed E-state index contributed by atoms with van der Waals surface area (Å²) >= 11 is 0. The van der Waals surface area contributed by atoms with E-state index in [0.717, 1.165) is 11.0 Å². The number of fused-ring (bicyclic) bond motifs is 1. The summed E-state index contributed by atoms with van der Waals surface area (Å²) < 4.78 is 50.1. The Morgan fingerprint density at radius 3 is 2.43 bits per heavy atom. The average Bonchev–Trinajstić information content (AvgIpc) is 2.59. The lowest BCUT2D eigenvalue weighted by Crippen LogP contribution is -2.34. The van der Waals surface area contributed by atoms with Gasteiger partial charge in [0.25, 0.3) is 11.7 Å². The molecular formula is C13H13F2NO4S. The second-order valence-electron chi connectivity index (χ2n) is 4.72. The molecule has 1 aliphatic heterocycles. The number of ketones is 1. The van der Waals surface area contributed by atoms with Crippen molar-refractivity contribution in [1.29, 1.82) is 0 Å². The Bertz CT molecular complexity index is 715. The summed E-state index contributed by atoms with van der Waals surface area (Å²) in [5.41, 5.74) is -0.719. The van der Waals surface area contributed by atoms with E-state index < -0.39 is 38.7 Å². The Kier molecular flexibility index (Phi) is 4.08. The van der Waals surface area contributed by atoms with Crippen LogP contribution in [0.5, 0.6) is 0 Å². The van der Waals surface area contributed by atoms with Crippen LogP contribution >= 0.6 is 0 Å². The third-order valence-electron chi connectivity index (χ3n) is 3.13. The monoisotopic (exact) mass is 317 g/mol. The van der Waals surface area contributed by atoms with E-state index in [9.17, 15) is 26.8 Å². The number of hydrogen-bond donors (Lipinski definition) is 0. The number of sulfone groups is 1. The van der Waals surface area contributed by atoms with E-state index in [0.29, 0.717) is 12.5 Å². The highest BCUT2D eigenvalue weighted by atomic mass is 32.2. The van der Waals surface area contributed by atoms with E-state index in [1.165, 1.54) is 0 Å². The molecule has 0 N–H and O–H groups in total. The summed E-state index contributed by atoms with van der Waals surface area (Å²) in [6.07, 6.45) is 0.426. The molecule has 0 aliphatic carbocycles. The predicted molar refractivity (Wildman–Crippen MR) is 72.0 cm³/mol. The Morgan fingerprint density at radius 2 is 1.81 bits per heavy atom. The zero-order chi connectivity index (χ0) is 15.8. The van der Waals surface area contributed by atoms with Gasteiger partial charge in [0.2, 0.25) is 0 Å². The molecule has 0 fully saturated rings. The summed E-state index contributed by atoms with van der Waals surface area (Å²) in [5, 5.41) is 0. The second kappa shape index (κ2) is 5.51. The number of anilines is 1. The molecular weight excluding hydrogens is 304 g/mol. The number of nitrogens with zero attached hydrogens (tertiary/aromatic N) is 1. The molecule has 1 heterocycles. The molecule has 0 atom stereocenters. The number of amides is 1. The highest BCUT2D eigenvalue weighted by Gasteiger charge is 2.39. The number of hydrogen-bond acceptors (Lipinski definition) is 4. The zero-order valence-corrected chi connectivity index (χ0v) is 12.0. The molecule has 0 bridgehead atoms. The fourth-order valence-electron chi connectivity index (χ4n) is 2.20. The molecule has 0 aromatic heterocycles. The maximum Gasteiger partial charge on any atom is 0.299 e. The van der Waals surface area contributed by atoms with Crippen LogP contribution in [0, 0.1) is 11.6 Å². The lowest BCUT2D eigenvalue weighted by Gasteiger charge is -2.16. The normalized spacial score (nSPS) is 14.7. The first-order chi connectivity index (χ1) is 9.76. The number of carbonyl (C=O) groups is 2. The maximum atomic E-state index is 13.6. The van der Waals surface area contributed by atoms with Gasteiger partial charge in [0.05, 0.1) is 17.0 Å². The summed E-state index contributed by atoms with van der Waals surface area (Å²) in [6, 6.07) is 1.37. The van der Waals surface area contributed by atoms with Gasteiger partial charge >= 0.3 is 0 Å². The summed E-state index contributed by atoms with van der Waals surface area (Å²) in [4.78, 5) is 24.3. The zero-order valence-electron chi connectivity index (χ0n) is 11.2. The Balaban J connectivity index is 2.32. The lowest BCUT2D eigenvalue weighted by molar-refractivity contribution is -0.114. The van der Waals surface area contributed by atoms with Crippen LogP contribution in [0.15, 0.2) is 12.1 Å². The fraction of sp³-hybridized carbons (Fsp3) is 0.385. The molecule has 21 heavy (non-hydrogen) atoms. The minimum atomic E-state index is -3.38. The van der Waals surface area contributed by atoms with E-state index in [2.05, 4.69) is 0 Å². The van der Waals surface area contributed by atoms with Crippen LogP contribution in [0.25, 0.3) is 0 Å². The minimum absolute atomic E-state index is 0.0483. The van der Waals surface area contributed by atoms with Crippen LogP contribution in [0.2, 0.25) is 0 Å². The number of benzene rings is 1. The van der Waals surface area contributed by atoms with Gasteiger partial charge in [-0.25, -0.2) is 17.2 Å². The van der Waals surface area contributed by atoms with Crippen molar-refractivity contribution in [2.75, 3.05) is 23.0 Å². The number of halogens is 2. The molecule has 0 unspecified atom stereocenters. The van der Waals surface area contributed by atoms with Crippen molar-refractivity contribution in [3.05, 3.63) is 29.3 Å². The molecule has 0 spiro atoms. The largest absolute Gasteiger partial charge is 0.304 e. The molecule has 1 amide bonds. The maximum absolute atomic E-state index is 13.6. The van der Waals surface area contributed by atoms with Crippen LogP contribution < -0.4 is 4.90 Å². The molecule has 1 aliphatic rings. The number of Topliss-reactive ketones (excluding diaryl/α,β-unsaturated/α-hetero) is 1. The van der Waals surface area contributed by atoms with Gasteiger partial charge in [-0.1, -0.05) is 6.92 Å². The van der Waals surface area contributed by atoms with Crippen LogP contribution in [0.4, 0.5) is 14.5 Å². The molecule has 0 saturated heterocycles. The average molecular weight is 317 g/mol. The van der Waals surface area contributed by atoms with Gasteiger partial charge in [-0.15, -0.1) is 0 Å². The molecule has 5 nitrogen and oxygen atoms in total. The molecule has 114 valence electrons. The van der Waals surface area contributed by atoms with Gasteiger partial charge in [0.15, 0.2) is 9.84 Å². The van der Waals surface area contributed by atoms with Gasteiger partial charge in [-0.3, -0.25) is 9.59 Å². The third kappa shape index (κ3) is 2.94. The Hall–Kier alpha value is -1.83. The van der Waals surface area contributed by atoms with Gasteiger partial charge in [-0.05, 0) is 12.5 Å². The van der Waals surface area contributed by atoms with E-state index in [1.54, 1.807) is 6.92 Å². The van der Waals surface area contributed by atoms with Crippen LogP contribution in [0.1, 0.15) is 23.7 Å². The molecule has 0 saturated carbocycles. The molecule has 1 aromatic carbocycles. The fourth-order valence-corrected chi connectivity index (χ4v) is 3.49. The van der Waals surface area contributed by atoms with Gasteiger partial charge < -0.3 is 4.90 Å². The first-order valence-corrected chi connectivity index (χ1v) is 8.14. The summed E-state index contributed by atoms with van der Waals surface area (Å²) in [5.74, 6) is -4.60. The second-order valence-corrected chi connectivity index (χ2v) is 7.02. The van der Waals surface area contributed by atoms with Crippen molar-refractivity contribution in [2.24, 2.45) is 0 Å². The van der Waals surface area contributed by atoms with E-state index in [1.807, 2.05) is 0 Å². The summed E-state index contributed by atoms with van der Waals surface area (Å²) in [7, 11) is -3.38. The SMILES string of the molecule is CCCS(=O)(=O)CCN1C(=O)C(=O)c2c(F)cc(F)cc21. The van der Waals surface area contributed by atoms with E-state index >= 15 is 0 Å². The Morgan fingerprint density at radius 1 is 1.14 bits per heavy atom.